The Bertz CT molecular complexity index is 991. The molecule has 0 saturated heterocycles. The number of carbonyl (C=O) groups excluding carboxylic acids is 1. The molecule has 4 rings (SSSR count). The van der Waals surface area contributed by atoms with Crippen LogP contribution in [-0.4, -0.2) is 31.4 Å². The fourth-order valence-corrected chi connectivity index (χ4v) is 3.70. The topological polar surface area (TPSA) is 61.9 Å². The Morgan fingerprint density at radius 1 is 1.26 bits per heavy atom. The zero-order valence-electron chi connectivity index (χ0n) is 15.7. The first-order valence-corrected chi connectivity index (χ1v) is 9.25. The highest BCUT2D eigenvalue weighted by atomic mass is 19.1. The van der Waals surface area contributed by atoms with Crippen molar-refractivity contribution in [1.29, 1.82) is 0 Å². The van der Waals surface area contributed by atoms with Crippen molar-refractivity contribution in [3.05, 3.63) is 30.7 Å². The van der Waals surface area contributed by atoms with Gasteiger partial charge in [-0.05, 0) is 38.0 Å². The van der Waals surface area contributed by atoms with Crippen LogP contribution in [0.25, 0.3) is 22.0 Å². The van der Waals surface area contributed by atoms with Crippen molar-refractivity contribution in [2.24, 2.45) is 13.0 Å². The van der Waals surface area contributed by atoms with Gasteiger partial charge in [-0.15, -0.1) is 0 Å². The van der Waals surface area contributed by atoms with Gasteiger partial charge in [0, 0.05) is 43.8 Å². The molecule has 1 fully saturated rings. The quantitative estimate of drug-likeness (QED) is 0.679. The normalized spacial score (nSPS) is 19.6. The second-order valence-corrected chi connectivity index (χ2v) is 7.36. The Morgan fingerprint density at radius 3 is 2.74 bits per heavy atom. The molecule has 6 nitrogen and oxygen atoms in total. The van der Waals surface area contributed by atoms with Crippen LogP contribution in [0.3, 0.4) is 0 Å². The van der Waals surface area contributed by atoms with Crippen molar-refractivity contribution >= 4 is 16.7 Å². The third-order valence-corrected chi connectivity index (χ3v) is 5.26. The number of hydrogen-bond donors (Lipinski definition) is 0. The molecule has 1 aliphatic rings. The van der Waals surface area contributed by atoms with E-state index in [4.69, 9.17) is 4.74 Å². The third kappa shape index (κ3) is 3.46. The molecule has 1 saturated carbocycles. The number of hydrogen-bond acceptors (Lipinski definition) is 4. The van der Waals surface area contributed by atoms with E-state index >= 15 is 0 Å². The first-order chi connectivity index (χ1) is 12.9. The van der Waals surface area contributed by atoms with Crippen molar-refractivity contribution in [2.75, 3.05) is 0 Å². The van der Waals surface area contributed by atoms with Crippen LogP contribution < -0.4 is 4.74 Å². The second-order valence-electron chi connectivity index (χ2n) is 7.36. The van der Waals surface area contributed by atoms with E-state index < -0.39 is 6.30 Å². The summed E-state index contributed by atoms with van der Waals surface area (Å²) in [6.45, 7) is 3.46. The van der Waals surface area contributed by atoms with E-state index in [1.54, 1.807) is 17.1 Å². The summed E-state index contributed by atoms with van der Waals surface area (Å²) in [6.07, 6.45) is 6.09. The van der Waals surface area contributed by atoms with Gasteiger partial charge in [0.1, 0.15) is 11.5 Å². The molecule has 3 atom stereocenters. The fraction of sp³-hybridized carbons (Fsp3) is 0.450. The molecular formula is C20H23FN4O2. The highest BCUT2D eigenvalue weighted by molar-refractivity contribution is 5.89. The SMILES string of the molecule is CC(F)n1cc(-c2cc(O[C@H](C)[C@H]3CCC(=O)C3)c3cn(C)nc3c2)cn1. The molecule has 0 amide bonds. The summed E-state index contributed by atoms with van der Waals surface area (Å²) in [5.74, 6) is 1.27. The van der Waals surface area contributed by atoms with Crippen LogP contribution in [0.1, 0.15) is 39.4 Å². The highest BCUT2D eigenvalue weighted by Gasteiger charge is 2.28. The molecular weight excluding hydrogens is 347 g/mol. The summed E-state index contributed by atoms with van der Waals surface area (Å²) in [7, 11) is 1.87. The van der Waals surface area contributed by atoms with Crippen molar-refractivity contribution in [1.82, 2.24) is 19.6 Å². The minimum absolute atomic E-state index is 0.0660. The molecule has 0 N–H and O–H groups in total. The van der Waals surface area contributed by atoms with Gasteiger partial charge in [-0.3, -0.25) is 9.48 Å². The molecule has 3 aromatic rings. The average molecular weight is 370 g/mol. The molecule has 0 spiro atoms. The first-order valence-electron chi connectivity index (χ1n) is 9.25. The number of benzene rings is 1. The maximum Gasteiger partial charge on any atom is 0.188 e. The van der Waals surface area contributed by atoms with Gasteiger partial charge in [-0.2, -0.15) is 10.2 Å². The highest BCUT2D eigenvalue weighted by Crippen LogP contribution is 2.35. The Hall–Kier alpha value is -2.70. The van der Waals surface area contributed by atoms with Crippen LogP contribution in [0, 0.1) is 5.92 Å². The third-order valence-electron chi connectivity index (χ3n) is 5.26. The maximum atomic E-state index is 13.5. The summed E-state index contributed by atoms with van der Waals surface area (Å²) in [5, 5.41) is 9.50. The van der Waals surface area contributed by atoms with Crippen molar-refractivity contribution in [3.8, 4) is 16.9 Å². The van der Waals surface area contributed by atoms with Gasteiger partial charge in [0.2, 0.25) is 0 Å². The Labute approximate surface area is 156 Å². The minimum Gasteiger partial charge on any atom is -0.490 e. The van der Waals surface area contributed by atoms with Crippen molar-refractivity contribution < 1.29 is 13.9 Å². The van der Waals surface area contributed by atoms with Gasteiger partial charge in [0.25, 0.3) is 0 Å². The molecule has 27 heavy (non-hydrogen) atoms. The number of Topliss-reactive ketones (excluding diaryl/α,β-unsaturated/α-hetero) is 1. The number of rotatable bonds is 5. The standard InChI is InChI=1S/C20H23FN4O2/c1-12(14-4-5-17(26)6-14)27-20-8-15(7-19-18(20)11-24(3)23-19)16-9-22-25(10-16)13(2)21/h7-14H,4-6H2,1-3H3/t12-,13?,14+/m1/s1. The predicted molar refractivity (Wildman–Crippen MR) is 100 cm³/mol. The number of aromatic nitrogens is 4. The number of ketones is 1. The van der Waals surface area contributed by atoms with E-state index in [9.17, 15) is 9.18 Å². The van der Waals surface area contributed by atoms with Gasteiger partial charge in [-0.1, -0.05) is 0 Å². The van der Waals surface area contributed by atoms with Gasteiger partial charge >= 0.3 is 0 Å². The summed E-state index contributed by atoms with van der Waals surface area (Å²) >= 11 is 0. The maximum absolute atomic E-state index is 13.5. The Balaban J connectivity index is 1.70. The first kappa shape index (κ1) is 17.7. The van der Waals surface area contributed by atoms with E-state index in [1.807, 2.05) is 32.3 Å². The van der Waals surface area contributed by atoms with E-state index in [0.29, 0.717) is 18.6 Å². The molecule has 142 valence electrons. The number of nitrogens with zero attached hydrogens (tertiary/aromatic N) is 4. The second kappa shape index (κ2) is 6.79. The largest absolute Gasteiger partial charge is 0.490 e. The fourth-order valence-electron chi connectivity index (χ4n) is 3.70. The summed E-state index contributed by atoms with van der Waals surface area (Å²) in [6, 6.07) is 3.90. The van der Waals surface area contributed by atoms with E-state index in [1.165, 1.54) is 11.6 Å². The predicted octanol–water partition coefficient (Wildman–Crippen LogP) is 4.06. The molecule has 0 radical (unpaired) electrons. The van der Waals surface area contributed by atoms with Crippen LogP contribution in [-0.2, 0) is 11.8 Å². The average Bonchev–Trinajstić information content (AvgIpc) is 3.32. The summed E-state index contributed by atoms with van der Waals surface area (Å²) in [4.78, 5) is 11.6. The number of carbonyl (C=O) groups is 1. The lowest BCUT2D eigenvalue weighted by molar-refractivity contribution is -0.117. The van der Waals surface area contributed by atoms with Crippen LogP contribution in [0.5, 0.6) is 5.75 Å². The number of aryl methyl sites for hydroxylation is 1. The van der Waals surface area contributed by atoms with E-state index in [2.05, 4.69) is 10.2 Å². The van der Waals surface area contributed by atoms with Crippen LogP contribution in [0.4, 0.5) is 4.39 Å². The van der Waals surface area contributed by atoms with Gasteiger partial charge in [0.05, 0.1) is 23.2 Å². The summed E-state index contributed by atoms with van der Waals surface area (Å²) in [5.41, 5.74) is 2.49. The molecule has 1 aliphatic carbocycles. The van der Waals surface area contributed by atoms with Gasteiger partial charge < -0.3 is 4.74 Å². The lowest BCUT2D eigenvalue weighted by Crippen LogP contribution is -2.21. The van der Waals surface area contributed by atoms with Gasteiger partial charge in [0.15, 0.2) is 6.30 Å². The Morgan fingerprint density at radius 2 is 2.07 bits per heavy atom. The molecule has 0 bridgehead atoms. The van der Waals surface area contributed by atoms with Crippen LogP contribution >= 0.6 is 0 Å². The zero-order valence-corrected chi connectivity index (χ0v) is 15.7. The van der Waals surface area contributed by atoms with Crippen molar-refractivity contribution in [2.45, 2.75) is 45.5 Å². The van der Waals surface area contributed by atoms with E-state index in [-0.39, 0.29) is 12.0 Å². The number of halogens is 1. The smallest absolute Gasteiger partial charge is 0.188 e. The van der Waals surface area contributed by atoms with Crippen molar-refractivity contribution in [3.63, 3.8) is 0 Å². The minimum atomic E-state index is -1.19. The van der Waals surface area contributed by atoms with Gasteiger partial charge in [-0.25, -0.2) is 9.07 Å². The lowest BCUT2D eigenvalue weighted by atomic mass is 10.0. The number of alkyl halides is 1. The Kier molecular flexibility index (Phi) is 4.45. The molecule has 1 aromatic carbocycles. The molecule has 0 aliphatic heterocycles. The lowest BCUT2D eigenvalue weighted by Gasteiger charge is -2.21. The molecule has 2 heterocycles. The van der Waals surface area contributed by atoms with Crippen LogP contribution in [0.2, 0.25) is 0 Å². The number of fused-ring (bicyclic) bond motifs is 1. The zero-order chi connectivity index (χ0) is 19.1. The number of ether oxygens (including phenoxy) is 1. The summed E-state index contributed by atoms with van der Waals surface area (Å²) < 4.78 is 22.8. The van der Waals surface area contributed by atoms with E-state index in [0.717, 1.165) is 34.2 Å². The molecule has 7 heteroatoms. The molecule has 1 unspecified atom stereocenters. The molecule has 2 aromatic heterocycles. The monoisotopic (exact) mass is 370 g/mol. The van der Waals surface area contributed by atoms with Crippen LogP contribution in [0.15, 0.2) is 30.7 Å².